The zero-order chi connectivity index (χ0) is 14.0. The molecule has 0 aliphatic carbocycles. The van der Waals surface area contributed by atoms with E-state index in [9.17, 15) is 5.11 Å². The lowest BCUT2D eigenvalue weighted by Gasteiger charge is -2.12. The number of rotatable bonds is 3. The van der Waals surface area contributed by atoms with E-state index in [4.69, 9.17) is 16.2 Å². The van der Waals surface area contributed by atoms with Gasteiger partial charge in [-0.05, 0) is 18.2 Å². The van der Waals surface area contributed by atoms with E-state index in [1.165, 1.54) is 11.8 Å². The van der Waals surface area contributed by atoms with Gasteiger partial charge in [-0.3, -0.25) is 0 Å². The van der Waals surface area contributed by atoms with Gasteiger partial charge in [0.25, 0.3) is 0 Å². The van der Waals surface area contributed by atoms with Crippen LogP contribution in [0.25, 0.3) is 5.70 Å². The summed E-state index contributed by atoms with van der Waals surface area (Å²) in [5.74, 6) is 0.751. The average molecular weight is 343 g/mol. The third-order valence-electron chi connectivity index (χ3n) is 2.71. The Bertz CT molecular complexity index is 543. The molecule has 19 heavy (non-hydrogen) atoms. The molecular formula is C13H15BrN2O2S. The molecule has 1 heterocycles. The zero-order valence-electron chi connectivity index (χ0n) is 10.2. The Labute approximate surface area is 124 Å². The van der Waals surface area contributed by atoms with Crippen molar-refractivity contribution in [1.29, 1.82) is 0 Å². The Hall–Kier alpha value is -0.950. The second-order valence-electron chi connectivity index (χ2n) is 4.09. The van der Waals surface area contributed by atoms with Crippen LogP contribution in [0.15, 0.2) is 39.1 Å². The highest BCUT2D eigenvalue weighted by atomic mass is 79.9. The van der Waals surface area contributed by atoms with Gasteiger partial charge in [-0.2, -0.15) is 0 Å². The number of aliphatic hydroxyl groups excluding tert-OH is 1. The molecule has 0 amide bonds. The van der Waals surface area contributed by atoms with Crippen molar-refractivity contribution in [2.24, 2.45) is 11.5 Å². The fourth-order valence-corrected chi connectivity index (χ4v) is 2.88. The standard InChI is InChI=1S/C13H15BrN2O2S/c1-7(13(16)17)19-11-4-5-18-10-6-8(14)2-3-9(10)12(11)15/h2-3,6,13,17H,1,4-5,15-16H2/t13-/m0/s1. The van der Waals surface area contributed by atoms with Crippen LogP contribution in [0, 0.1) is 0 Å². The maximum atomic E-state index is 9.30. The van der Waals surface area contributed by atoms with E-state index in [2.05, 4.69) is 22.5 Å². The molecule has 0 saturated carbocycles. The van der Waals surface area contributed by atoms with Crippen LogP contribution < -0.4 is 16.2 Å². The van der Waals surface area contributed by atoms with Crippen molar-refractivity contribution < 1.29 is 9.84 Å². The second kappa shape index (κ2) is 6.00. The number of nitrogens with two attached hydrogens (primary N) is 2. The number of benzene rings is 1. The lowest BCUT2D eigenvalue weighted by Crippen LogP contribution is -2.19. The molecule has 4 nitrogen and oxygen atoms in total. The van der Waals surface area contributed by atoms with Gasteiger partial charge in [0, 0.05) is 26.3 Å². The first-order chi connectivity index (χ1) is 8.99. The van der Waals surface area contributed by atoms with E-state index < -0.39 is 6.23 Å². The predicted molar refractivity (Wildman–Crippen MR) is 82.3 cm³/mol. The Morgan fingerprint density at radius 1 is 1.53 bits per heavy atom. The minimum Gasteiger partial charge on any atom is -0.492 e. The van der Waals surface area contributed by atoms with Gasteiger partial charge in [0.05, 0.1) is 12.3 Å². The summed E-state index contributed by atoms with van der Waals surface area (Å²) in [6.07, 6.45) is -0.395. The van der Waals surface area contributed by atoms with Crippen LogP contribution in [0.1, 0.15) is 12.0 Å². The lowest BCUT2D eigenvalue weighted by molar-refractivity contribution is 0.228. The topological polar surface area (TPSA) is 81.5 Å². The van der Waals surface area contributed by atoms with Crippen molar-refractivity contribution >= 4 is 33.4 Å². The summed E-state index contributed by atoms with van der Waals surface area (Å²) in [4.78, 5) is 1.38. The maximum Gasteiger partial charge on any atom is 0.134 e. The molecule has 0 fully saturated rings. The first-order valence-electron chi connectivity index (χ1n) is 5.70. The molecule has 1 aliphatic rings. The molecule has 1 aliphatic heterocycles. The summed E-state index contributed by atoms with van der Waals surface area (Å²) in [6.45, 7) is 4.26. The summed E-state index contributed by atoms with van der Waals surface area (Å²) in [5.41, 5.74) is 13.1. The first kappa shape index (κ1) is 14.5. The normalized spacial score (nSPS) is 16.4. The van der Waals surface area contributed by atoms with E-state index in [-0.39, 0.29) is 0 Å². The number of thioether (sulfide) groups is 1. The number of hydrogen-bond donors (Lipinski definition) is 3. The average Bonchev–Trinajstić information content (AvgIpc) is 2.50. The van der Waals surface area contributed by atoms with Crippen LogP contribution >= 0.6 is 27.7 Å². The highest BCUT2D eigenvalue weighted by molar-refractivity contribution is 9.10. The van der Waals surface area contributed by atoms with E-state index in [0.717, 1.165) is 20.7 Å². The number of hydrogen-bond acceptors (Lipinski definition) is 5. The molecule has 0 radical (unpaired) electrons. The molecule has 1 aromatic rings. The van der Waals surface area contributed by atoms with Crippen molar-refractivity contribution in [1.82, 2.24) is 0 Å². The second-order valence-corrected chi connectivity index (χ2v) is 6.23. The van der Waals surface area contributed by atoms with Crippen LogP contribution in [0.2, 0.25) is 0 Å². The van der Waals surface area contributed by atoms with E-state index >= 15 is 0 Å². The fourth-order valence-electron chi connectivity index (χ4n) is 1.70. The summed E-state index contributed by atoms with van der Waals surface area (Å²) in [6, 6.07) is 5.71. The Morgan fingerprint density at radius 2 is 2.26 bits per heavy atom. The largest absolute Gasteiger partial charge is 0.492 e. The molecule has 0 spiro atoms. The van der Waals surface area contributed by atoms with Crippen molar-refractivity contribution in [2.75, 3.05) is 6.61 Å². The summed E-state index contributed by atoms with van der Waals surface area (Å²) in [7, 11) is 0. The molecule has 0 unspecified atom stereocenters. The van der Waals surface area contributed by atoms with Gasteiger partial charge < -0.3 is 21.3 Å². The SMILES string of the molecule is C=C(SC1=C(N)c2ccc(Br)cc2OCC1)[C@@H](N)O. The van der Waals surface area contributed by atoms with Gasteiger partial charge in [0.1, 0.15) is 12.0 Å². The molecular weight excluding hydrogens is 328 g/mol. The highest BCUT2D eigenvalue weighted by Gasteiger charge is 2.18. The molecule has 1 aromatic carbocycles. The first-order valence-corrected chi connectivity index (χ1v) is 7.31. The highest BCUT2D eigenvalue weighted by Crippen LogP contribution is 2.38. The smallest absolute Gasteiger partial charge is 0.134 e. The predicted octanol–water partition coefficient (Wildman–Crippen LogP) is 2.38. The monoisotopic (exact) mass is 342 g/mol. The molecule has 0 bridgehead atoms. The van der Waals surface area contributed by atoms with Gasteiger partial charge >= 0.3 is 0 Å². The van der Waals surface area contributed by atoms with Crippen molar-refractivity contribution in [3.05, 3.63) is 44.6 Å². The van der Waals surface area contributed by atoms with Crippen LogP contribution in [-0.2, 0) is 0 Å². The molecule has 5 N–H and O–H groups in total. The van der Waals surface area contributed by atoms with Crippen LogP contribution in [0.5, 0.6) is 5.75 Å². The Morgan fingerprint density at radius 3 is 2.95 bits per heavy atom. The molecule has 1 atom stereocenters. The van der Waals surface area contributed by atoms with E-state index in [1.807, 2.05) is 18.2 Å². The quantitative estimate of drug-likeness (QED) is 0.734. The number of ether oxygens (including phenoxy) is 1. The molecule has 6 heteroatoms. The summed E-state index contributed by atoms with van der Waals surface area (Å²) < 4.78 is 6.63. The number of halogens is 1. The van der Waals surface area contributed by atoms with Gasteiger partial charge in [-0.1, -0.05) is 34.3 Å². The molecule has 102 valence electrons. The van der Waals surface area contributed by atoms with Crippen LogP contribution in [0.4, 0.5) is 0 Å². The fraction of sp³-hybridized carbons (Fsp3) is 0.231. The van der Waals surface area contributed by atoms with E-state index in [1.54, 1.807) is 0 Å². The van der Waals surface area contributed by atoms with Gasteiger partial charge in [0.15, 0.2) is 0 Å². The van der Waals surface area contributed by atoms with Crippen molar-refractivity contribution in [3.63, 3.8) is 0 Å². The zero-order valence-corrected chi connectivity index (χ0v) is 12.6. The molecule has 0 aromatic heterocycles. The lowest BCUT2D eigenvalue weighted by atomic mass is 10.1. The Kier molecular flexibility index (Phi) is 4.57. The minimum absolute atomic E-state index is 0.471. The van der Waals surface area contributed by atoms with Gasteiger partial charge in [-0.15, -0.1) is 0 Å². The number of aliphatic hydroxyl groups is 1. The molecule has 0 saturated heterocycles. The van der Waals surface area contributed by atoms with Crippen LogP contribution in [-0.4, -0.2) is 17.9 Å². The van der Waals surface area contributed by atoms with Gasteiger partial charge in [-0.25, -0.2) is 0 Å². The van der Waals surface area contributed by atoms with E-state index in [0.29, 0.717) is 23.6 Å². The number of fused-ring (bicyclic) bond motifs is 1. The van der Waals surface area contributed by atoms with Gasteiger partial charge in [0.2, 0.25) is 0 Å². The summed E-state index contributed by atoms with van der Waals surface area (Å²) in [5, 5.41) is 9.30. The third kappa shape index (κ3) is 3.33. The van der Waals surface area contributed by atoms with Crippen LogP contribution in [0.3, 0.4) is 0 Å². The molecule has 2 rings (SSSR count). The van der Waals surface area contributed by atoms with Crippen molar-refractivity contribution in [3.8, 4) is 5.75 Å². The maximum absolute atomic E-state index is 9.30. The Balaban J connectivity index is 2.36. The minimum atomic E-state index is -1.06. The third-order valence-corrected chi connectivity index (χ3v) is 4.37. The van der Waals surface area contributed by atoms with Crippen molar-refractivity contribution in [2.45, 2.75) is 12.6 Å². The summed E-state index contributed by atoms with van der Waals surface area (Å²) >= 11 is 4.72.